The molecule has 2 aromatic rings. The minimum Gasteiger partial charge on any atom is -0.342 e. The van der Waals surface area contributed by atoms with Gasteiger partial charge in [0.2, 0.25) is 5.91 Å². The van der Waals surface area contributed by atoms with Gasteiger partial charge < -0.3 is 4.90 Å². The lowest BCUT2D eigenvalue weighted by Gasteiger charge is -2.32. The second-order valence-corrected chi connectivity index (χ2v) is 9.02. The number of carbonyl (C=O) groups is 1. The topological polar surface area (TPSA) is 49.3 Å². The summed E-state index contributed by atoms with van der Waals surface area (Å²) < 4.78 is 14.1. The Morgan fingerprint density at radius 3 is 2.45 bits per heavy atom. The van der Waals surface area contributed by atoms with Gasteiger partial charge in [0.25, 0.3) is 0 Å². The smallest absolute Gasteiger partial charge is 0.227 e. The monoisotopic (exact) mass is 424 g/mol. The predicted molar refractivity (Wildman–Crippen MR) is 119 cm³/mol. The van der Waals surface area contributed by atoms with Crippen LogP contribution in [0.2, 0.25) is 0 Å². The van der Waals surface area contributed by atoms with Gasteiger partial charge in [0, 0.05) is 54.6 Å². The Morgan fingerprint density at radius 1 is 1.03 bits per heavy atom. The number of hydrogen-bond donors (Lipinski definition) is 0. The largest absolute Gasteiger partial charge is 0.342 e. The van der Waals surface area contributed by atoms with E-state index in [1.165, 1.54) is 12.5 Å². The molecular weight excluding hydrogens is 391 g/mol. The average Bonchev–Trinajstić information content (AvgIpc) is 2.78. The van der Waals surface area contributed by atoms with Crippen molar-refractivity contribution in [1.29, 1.82) is 0 Å². The molecule has 2 aliphatic rings. The maximum absolute atomic E-state index is 14.1. The number of aryl methyl sites for hydroxylation is 2. The highest BCUT2D eigenvalue weighted by Gasteiger charge is 2.26. The Kier molecular flexibility index (Phi) is 6.96. The first kappa shape index (κ1) is 21.9. The zero-order valence-corrected chi connectivity index (χ0v) is 18.7. The summed E-state index contributed by atoms with van der Waals surface area (Å²) in [5, 5.41) is 0. The lowest BCUT2D eigenvalue weighted by molar-refractivity contribution is -0.131. The lowest BCUT2D eigenvalue weighted by Crippen LogP contribution is -2.37. The van der Waals surface area contributed by atoms with E-state index in [-0.39, 0.29) is 17.6 Å². The Balaban J connectivity index is 1.44. The third kappa shape index (κ3) is 5.29. The van der Waals surface area contributed by atoms with E-state index >= 15 is 0 Å². The highest BCUT2D eigenvalue weighted by Crippen LogP contribution is 2.27. The molecule has 6 heteroatoms. The maximum atomic E-state index is 14.1. The zero-order chi connectivity index (χ0) is 21.8. The van der Waals surface area contributed by atoms with Crippen LogP contribution in [0.3, 0.4) is 0 Å². The Labute approximate surface area is 184 Å². The number of amides is 1. The number of rotatable bonds is 5. The standard InChI is InChI=1S/C25H33FN4O/c1-18-22(15-24(31)30-13-6-3-7-14-30)19(2)28-25(27-18)21-10-8-12-29(17-21)16-20-9-4-5-11-23(20)26/h4-5,9,11,21H,3,6-8,10,12-17H2,1-2H3. The average molecular weight is 425 g/mol. The van der Waals surface area contributed by atoms with Crippen LogP contribution >= 0.6 is 0 Å². The highest BCUT2D eigenvalue weighted by atomic mass is 19.1. The number of carbonyl (C=O) groups excluding carboxylic acids is 1. The van der Waals surface area contributed by atoms with Gasteiger partial charge in [0.15, 0.2) is 0 Å². The molecule has 5 nitrogen and oxygen atoms in total. The minimum absolute atomic E-state index is 0.143. The van der Waals surface area contributed by atoms with Gasteiger partial charge >= 0.3 is 0 Å². The third-order valence-electron chi connectivity index (χ3n) is 6.70. The van der Waals surface area contributed by atoms with Gasteiger partial charge in [-0.1, -0.05) is 18.2 Å². The number of likely N-dealkylation sites (tertiary alicyclic amines) is 2. The fourth-order valence-electron chi connectivity index (χ4n) is 4.89. The number of piperidine rings is 2. The SMILES string of the molecule is Cc1nc(C2CCCN(Cc3ccccc3F)C2)nc(C)c1CC(=O)N1CCCCC1. The molecule has 2 aliphatic heterocycles. The van der Waals surface area contributed by atoms with E-state index in [0.717, 1.165) is 80.2 Å². The first-order chi connectivity index (χ1) is 15.0. The Morgan fingerprint density at radius 2 is 1.74 bits per heavy atom. The summed E-state index contributed by atoms with van der Waals surface area (Å²) in [5.74, 6) is 1.15. The van der Waals surface area contributed by atoms with Crippen molar-refractivity contribution in [2.75, 3.05) is 26.2 Å². The van der Waals surface area contributed by atoms with Crippen LogP contribution in [-0.4, -0.2) is 51.9 Å². The highest BCUT2D eigenvalue weighted by molar-refractivity contribution is 5.79. The van der Waals surface area contributed by atoms with Gasteiger partial charge in [-0.3, -0.25) is 9.69 Å². The van der Waals surface area contributed by atoms with Crippen LogP contribution in [0.25, 0.3) is 0 Å². The van der Waals surface area contributed by atoms with E-state index in [1.807, 2.05) is 30.9 Å². The summed E-state index contributed by atoms with van der Waals surface area (Å²) in [7, 11) is 0. The molecule has 3 heterocycles. The van der Waals surface area contributed by atoms with Crippen molar-refractivity contribution >= 4 is 5.91 Å². The van der Waals surface area contributed by atoms with E-state index in [0.29, 0.717) is 13.0 Å². The predicted octanol–water partition coefficient (Wildman–Crippen LogP) is 4.17. The fraction of sp³-hybridized carbons (Fsp3) is 0.560. The Hall–Kier alpha value is -2.34. The van der Waals surface area contributed by atoms with Gasteiger partial charge in [0.05, 0.1) is 6.42 Å². The van der Waals surface area contributed by atoms with Crippen LogP contribution < -0.4 is 0 Å². The molecule has 1 aromatic heterocycles. The molecule has 0 aliphatic carbocycles. The molecule has 1 atom stereocenters. The quantitative estimate of drug-likeness (QED) is 0.723. The summed E-state index contributed by atoms with van der Waals surface area (Å²) >= 11 is 0. The van der Waals surface area contributed by atoms with Crippen LogP contribution in [-0.2, 0) is 17.8 Å². The molecule has 1 unspecified atom stereocenters. The van der Waals surface area contributed by atoms with Crippen molar-refractivity contribution in [3.8, 4) is 0 Å². The van der Waals surface area contributed by atoms with Crippen molar-refractivity contribution < 1.29 is 9.18 Å². The van der Waals surface area contributed by atoms with E-state index in [9.17, 15) is 9.18 Å². The summed E-state index contributed by atoms with van der Waals surface area (Å²) in [6.07, 6.45) is 5.90. The number of aromatic nitrogens is 2. The number of hydrogen-bond acceptors (Lipinski definition) is 4. The molecule has 0 bridgehead atoms. The number of halogens is 1. The zero-order valence-electron chi connectivity index (χ0n) is 18.7. The summed E-state index contributed by atoms with van der Waals surface area (Å²) in [5.41, 5.74) is 3.54. The molecule has 0 spiro atoms. The van der Waals surface area contributed by atoms with Gasteiger partial charge in [0.1, 0.15) is 11.6 Å². The van der Waals surface area contributed by atoms with Gasteiger partial charge in [-0.15, -0.1) is 0 Å². The molecule has 0 radical (unpaired) electrons. The normalized spacial score (nSPS) is 20.1. The maximum Gasteiger partial charge on any atom is 0.227 e. The second-order valence-electron chi connectivity index (χ2n) is 9.02. The van der Waals surface area contributed by atoms with Gasteiger partial charge in [-0.05, 0) is 58.6 Å². The molecule has 4 rings (SSSR count). The second kappa shape index (κ2) is 9.86. The van der Waals surface area contributed by atoms with Crippen molar-refractivity contribution in [2.45, 2.75) is 64.8 Å². The van der Waals surface area contributed by atoms with E-state index in [2.05, 4.69) is 4.90 Å². The van der Waals surface area contributed by atoms with E-state index in [1.54, 1.807) is 6.07 Å². The number of benzene rings is 1. The van der Waals surface area contributed by atoms with Crippen LogP contribution in [0.15, 0.2) is 24.3 Å². The number of nitrogens with zero attached hydrogens (tertiary/aromatic N) is 4. The van der Waals surface area contributed by atoms with Crippen molar-refractivity contribution in [3.63, 3.8) is 0 Å². The molecule has 31 heavy (non-hydrogen) atoms. The molecule has 1 amide bonds. The van der Waals surface area contributed by atoms with Gasteiger partial charge in [-0.25, -0.2) is 14.4 Å². The summed E-state index contributed by atoms with van der Waals surface area (Å²) in [6, 6.07) is 7.00. The summed E-state index contributed by atoms with van der Waals surface area (Å²) in [6.45, 7) is 8.15. The van der Waals surface area contributed by atoms with Gasteiger partial charge in [-0.2, -0.15) is 0 Å². The molecule has 2 saturated heterocycles. The van der Waals surface area contributed by atoms with E-state index < -0.39 is 0 Å². The third-order valence-corrected chi connectivity index (χ3v) is 6.70. The van der Waals surface area contributed by atoms with Crippen molar-refractivity contribution in [1.82, 2.24) is 19.8 Å². The molecular formula is C25H33FN4O. The molecule has 0 N–H and O–H groups in total. The van der Waals surface area contributed by atoms with Crippen LogP contribution in [0.5, 0.6) is 0 Å². The molecule has 2 fully saturated rings. The first-order valence-electron chi connectivity index (χ1n) is 11.6. The van der Waals surface area contributed by atoms with E-state index in [4.69, 9.17) is 9.97 Å². The molecule has 1 aromatic carbocycles. The van der Waals surface area contributed by atoms with Crippen molar-refractivity contribution in [3.05, 3.63) is 58.4 Å². The van der Waals surface area contributed by atoms with Crippen LogP contribution in [0, 0.1) is 19.7 Å². The molecule has 0 saturated carbocycles. The first-order valence-corrected chi connectivity index (χ1v) is 11.6. The summed E-state index contributed by atoms with van der Waals surface area (Å²) in [4.78, 5) is 26.7. The van der Waals surface area contributed by atoms with Crippen LogP contribution in [0.4, 0.5) is 4.39 Å². The fourth-order valence-corrected chi connectivity index (χ4v) is 4.89. The Bertz CT molecular complexity index is 902. The lowest BCUT2D eigenvalue weighted by atomic mass is 9.95. The van der Waals surface area contributed by atoms with Crippen LogP contribution in [0.1, 0.15) is 66.4 Å². The van der Waals surface area contributed by atoms with Crippen molar-refractivity contribution in [2.24, 2.45) is 0 Å². The molecule has 166 valence electrons. The minimum atomic E-state index is -0.143.